The van der Waals surface area contributed by atoms with Crippen LogP contribution in [0.4, 0.5) is 0 Å². The van der Waals surface area contributed by atoms with Gasteiger partial charge in [0.25, 0.3) is 0 Å². The number of guanidine groups is 2. The Labute approximate surface area is 90.0 Å². The van der Waals surface area contributed by atoms with E-state index in [-0.39, 0.29) is 11.9 Å². The Bertz CT molecular complexity index is 197. The highest BCUT2D eigenvalue weighted by Crippen LogP contribution is 1.79. The van der Waals surface area contributed by atoms with Gasteiger partial charge in [-0.05, 0) is 25.9 Å². The van der Waals surface area contributed by atoms with Crippen molar-refractivity contribution < 1.29 is 0 Å². The number of nitrogens with two attached hydrogens (primary N) is 3. The van der Waals surface area contributed by atoms with E-state index in [1.54, 1.807) is 0 Å². The highest BCUT2D eigenvalue weighted by Gasteiger charge is 1.90. The third kappa shape index (κ3) is 12.5. The minimum atomic E-state index is 0.0164. The number of hydrogen-bond acceptors (Lipinski definition) is 3. The van der Waals surface area contributed by atoms with Gasteiger partial charge in [-0.1, -0.05) is 0 Å². The molecule has 0 spiro atoms. The summed E-state index contributed by atoms with van der Waals surface area (Å²) in [5, 5.41) is 12.9. The third-order valence-electron chi connectivity index (χ3n) is 1.65. The monoisotopic (exact) mass is 215 g/mol. The Morgan fingerprint density at radius 2 is 1.73 bits per heavy atom. The smallest absolute Gasteiger partial charge is 0.185 e. The highest BCUT2D eigenvalue weighted by molar-refractivity contribution is 5.75. The fourth-order valence-corrected chi connectivity index (χ4v) is 0.974. The van der Waals surface area contributed by atoms with Crippen LogP contribution in [0.15, 0.2) is 4.99 Å². The Morgan fingerprint density at radius 1 is 1.07 bits per heavy atom. The maximum Gasteiger partial charge on any atom is 0.185 e. The minimum absolute atomic E-state index is 0.0164. The summed E-state index contributed by atoms with van der Waals surface area (Å²) >= 11 is 0. The first-order valence-corrected chi connectivity index (χ1v) is 4.97. The third-order valence-corrected chi connectivity index (χ3v) is 1.65. The number of aliphatic imine (C=N–C) groups is 1. The molecule has 7 nitrogen and oxygen atoms in total. The molecule has 0 aromatic carbocycles. The quantitative estimate of drug-likeness (QED) is 0.160. The van der Waals surface area contributed by atoms with Crippen LogP contribution in [0.1, 0.15) is 12.8 Å². The van der Waals surface area contributed by atoms with E-state index < -0.39 is 0 Å². The van der Waals surface area contributed by atoms with Crippen molar-refractivity contribution in [2.45, 2.75) is 12.8 Å². The van der Waals surface area contributed by atoms with E-state index in [1.165, 1.54) is 0 Å². The van der Waals surface area contributed by atoms with Gasteiger partial charge in [0, 0.05) is 13.1 Å². The van der Waals surface area contributed by atoms with E-state index in [0.717, 1.165) is 32.5 Å². The normalized spacial score (nSPS) is 9.60. The van der Waals surface area contributed by atoms with Crippen molar-refractivity contribution in [1.82, 2.24) is 10.6 Å². The summed E-state index contributed by atoms with van der Waals surface area (Å²) in [6, 6.07) is 0. The zero-order valence-electron chi connectivity index (χ0n) is 8.92. The second-order valence-electron chi connectivity index (χ2n) is 3.10. The molecular weight excluding hydrogens is 194 g/mol. The van der Waals surface area contributed by atoms with Crippen LogP contribution in [0.3, 0.4) is 0 Å². The first-order valence-electron chi connectivity index (χ1n) is 4.97. The maximum absolute atomic E-state index is 6.91. The molecule has 0 aliphatic heterocycles. The van der Waals surface area contributed by atoms with Crippen LogP contribution in [0.2, 0.25) is 0 Å². The van der Waals surface area contributed by atoms with Crippen molar-refractivity contribution >= 4 is 11.9 Å². The molecule has 88 valence electrons. The average Bonchev–Trinajstić information content (AvgIpc) is 2.14. The molecule has 0 heterocycles. The summed E-state index contributed by atoms with van der Waals surface area (Å²) in [6.45, 7) is 3.15. The fourth-order valence-electron chi connectivity index (χ4n) is 0.974. The maximum atomic E-state index is 6.91. The van der Waals surface area contributed by atoms with Crippen molar-refractivity contribution in [3.05, 3.63) is 0 Å². The summed E-state index contributed by atoms with van der Waals surface area (Å²) in [7, 11) is 0. The minimum Gasteiger partial charge on any atom is -0.370 e. The molecule has 0 aromatic rings. The molecule has 0 unspecified atom stereocenters. The molecule has 9 N–H and O–H groups in total. The molecule has 0 atom stereocenters. The van der Waals surface area contributed by atoms with E-state index in [1.807, 2.05) is 0 Å². The Morgan fingerprint density at radius 3 is 2.33 bits per heavy atom. The number of nitrogens with one attached hydrogen (secondary N) is 3. The van der Waals surface area contributed by atoms with Gasteiger partial charge in [-0.3, -0.25) is 10.4 Å². The molecule has 0 radical (unpaired) electrons. The lowest BCUT2D eigenvalue weighted by atomic mass is 10.4. The van der Waals surface area contributed by atoms with Crippen molar-refractivity contribution in [1.29, 1.82) is 5.41 Å². The standard InChI is InChI=1S/C8H21N7/c9-7(10)14-5-1-3-13-4-2-6-15-8(11)12/h13H,1-6H2,(H4,9,10,14)(H4,11,12,15). The fraction of sp³-hybridized carbons (Fsp3) is 0.750. The van der Waals surface area contributed by atoms with Gasteiger partial charge in [-0.15, -0.1) is 0 Å². The zero-order chi connectivity index (χ0) is 11.5. The van der Waals surface area contributed by atoms with E-state index in [9.17, 15) is 0 Å². The lowest BCUT2D eigenvalue weighted by Gasteiger charge is -2.04. The second-order valence-corrected chi connectivity index (χ2v) is 3.10. The van der Waals surface area contributed by atoms with E-state index in [0.29, 0.717) is 6.54 Å². The van der Waals surface area contributed by atoms with Crippen LogP contribution in [-0.4, -0.2) is 38.1 Å². The molecule has 0 aliphatic rings. The summed E-state index contributed by atoms with van der Waals surface area (Å²) in [5.74, 6) is 0.156. The van der Waals surface area contributed by atoms with E-state index >= 15 is 0 Å². The van der Waals surface area contributed by atoms with E-state index in [2.05, 4.69) is 15.6 Å². The molecule has 0 saturated heterocycles. The SMILES string of the molecule is N=C(N)NCCCNCCCN=C(N)N. The number of nitrogens with zero attached hydrogens (tertiary/aromatic N) is 1. The molecule has 0 saturated carbocycles. The van der Waals surface area contributed by atoms with Crippen LogP contribution in [0.25, 0.3) is 0 Å². The first kappa shape index (κ1) is 13.5. The molecule has 0 fully saturated rings. The second kappa shape index (κ2) is 9.07. The molecular formula is C8H21N7. The zero-order valence-corrected chi connectivity index (χ0v) is 8.92. The summed E-state index contributed by atoms with van der Waals surface area (Å²) < 4.78 is 0. The lowest BCUT2D eigenvalue weighted by molar-refractivity contribution is 0.620. The van der Waals surface area contributed by atoms with Gasteiger partial charge in [0.05, 0.1) is 0 Å². The van der Waals surface area contributed by atoms with Crippen LogP contribution in [-0.2, 0) is 0 Å². The first-order chi connectivity index (χ1) is 7.13. The number of rotatable bonds is 8. The molecule has 0 bridgehead atoms. The molecule has 0 aliphatic carbocycles. The van der Waals surface area contributed by atoms with Crippen LogP contribution in [0.5, 0.6) is 0 Å². The molecule has 0 aromatic heterocycles. The van der Waals surface area contributed by atoms with Gasteiger partial charge in [-0.2, -0.15) is 0 Å². The van der Waals surface area contributed by atoms with Crippen molar-refractivity contribution in [2.24, 2.45) is 22.2 Å². The van der Waals surface area contributed by atoms with E-state index in [4.69, 9.17) is 22.6 Å². The van der Waals surface area contributed by atoms with Crippen molar-refractivity contribution in [3.63, 3.8) is 0 Å². The Balaban J connectivity index is 3.05. The molecule has 15 heavy (non-hydrogen) atoms. The van der Waals surface area contributed by atoms with Gasteiger partial charge in [0.15, 0.2) is 11.9 Å². The molecule has 0 amide bonds. The van der Waals surface area contributed by atoms with Gasteiger partial charge in [0.1, 0.15) is 0 Å². The van der Waals surface area contributed by atoms with Crippen LogP contribution < -0.4 is 27.8 Å². The highest BCUT2D eigenvalue weighted by atomic mass is 15.0. The van der Waals surface area contributed by atoms with Gasteiger partial charge in [0.2, 0.25) is 0 Å². The predicted molar refractivity (Wildman–Crippen MR) is 62.7 cm³/mol. The van der Waals surface area contributed by atoms with Gasteiger partial charge in [-0.25, -0.2) is 0 Å². The van der Waals surface area contributed by atoms with Crippen LogP contribution >= 0.6 is 0 Å². The van der Waals surface area contributed by atoms with Crippen molar-refractivity contribution in [3.8, 4) is 0 Å². The summed E-state index contributed by atoms with van der Waals surface area (Å²) in [5.41, 5.74) is 15.5. The lowest BCUT2D eigenvalue weighted by Crippen LogP contribution is -2.32. The average molecular weight is 215 g/mol. The van der Waals surface area contributed by atoms with Gasteiger partial charge < -0.3 is 27.8 Å². The molecule has 7 heteroatoms. The topological polar surface area (TPSA) is 138 Å². The predicted octanol–water partition coefficient (Wildman–Crippen LogP) is -1.89. The summed E-state index contributed by atoms with van der Waals surface area (Å²) in [6.07, 6.45) is 1.85. The summed E-state index contributed by atoms with van der Waals surface area (Å²) in [4.78, 5) is 3.86. The molecule has 0 rings (SSSR count). The van der Waals surface area contributed by atoms with Crippen LogP contribution in [0, 0.1) is 5.41 Å². The van der Waals surface area contributed by atoms with Crippen molar-refractivity contribution in [2.75, 3.05) is 26.2 Å². The Kier molecular flexibility index (Phi) is 8.16. The van der Waals surface area contributed by atoms with Gasteiger partial charge >= 0.3 is 0 Å². The number of hydrogen-bond donors (Lipinski definition) is 6. The Hall–Kier alpha value is -1.50. The largest absolute Gasteiger partial charge is 0.370 e.